The predicted molar refractivity (Wildman–Crippen MR) is 222 cm³/mol. The number of aromatic nitrogens is 3. The number of phosphoric ester groups is 1. The number of halogens is 3. The van der Waals surface area contributed by atoms with Crippen LogP contribution in [0.3, 0.4) is 0 Å². The van der Waals surface area contributed by atoms with Gasteiger partial charge in [0.2, 0.25) is 0 Å². The molecule has 1 fully saturated rings. The molecule has 1 aliphatic rings. The molecule has 2 aromatic carbocycles. The van der Waals surface area contributed by atoms with Crippen molar-refractivity contribution >= 4 is 31.6 Å². The maximum atomic E-state index is 16.0. The summed E-state index contributed by atoms with van der Waals surface area (Å²) in [4.78, 5) is 20.1. The van der Waals surface area contributed by atoms with Gasteiger partial charge in [-0.3, -0.25) is 18.4 Å². The highest BCUT2D eigenvalue weighted by atomic mass is 32.2. The van der Waals surface area contributed by atoms with E-state index in [9.17, 15) is 18.1 Å². The monoisotopic (exact) mass is 873 g/mol. The van der Waals surface area contributed by atoms with Crippen molar-refractivity contribution in [2.45, 2.75) is 68.7 Å². The lowest BCUT2D eigenvalue weighted by Gasteiger charge is -2.40. The third-order valence-electron chi connectivity index (χ3n) is 9.28. The summed E-state index contributed by atoms with van der Waals surface area (Å²) in [5.41, 5.74) is -1.34. The first-order valence-corrected chi connectivity index (χ1v) is 21.7. The van der Waals surface area contributed by atoms with E-state index in [0.717, 1.165) is 18.2 Å². The van der Waals surface area contributed by atoms with Crippen LogP contribution in [-0.2, 0) is 49.3 Å². The molecular weight excluding hydrogens is 823 g/mol. The van der Waals surface area contributed by atoms with E-state index in [0.29, 0.717) is 18.7 Å². The van der Waals surface area contributed by atoms with E-state index in [1.807, 2.05) is 24.8 Å². The Bertz CT molecular complexity index is 1990. The van der Waals surface area contributed by atoms with Gasteiger partial charge in [-0.05, 0) is 56.8 Å². The summed E-state index contributed by atoms with van der Waals surface area (Å²) in [6, 6.07) is 9.14. The SMILES string of the molecule is C=CCOP(=O)(OCC=C)OC(CCC(=O)O[C@@](Cn1cncn1)(c1ccc(F)cc1F)[C@@H](C)SC1COC(/C=C/C=C/c2ccc(C#N)cc2F)OC1)CN(CC)CC. The van der Waals surface area contributed by atoms with Crippen molar-refractivity contribution in [3.05, 3.63) is 127 Å². The Morgan fingerprint density at radius 1 is 1.10 bits per heavy atom. The smallest absolute Gasteiger partial charge is 0.451 e. The Balaban J connectivity index is 1.55. The van der Waals surface area contributed by atoms with E-state index >= 15 is 4.39 Å². The molecule has 1 saturated heterocycles. The van der Waals surface area contributed by atoms with Gasteiger partial charge >= 0.3 is 13.8 Å². The van der Waals surface area contributed by atoms with Crippen LogP contribution in [-0.4, -0.2) is 94.6 Å². The molecule has 13 nitrogen and oxygen atoms in total. The molecule has 3 atom stereocenters. The molecule has 1 unspecified atom stereocenters. The number of nitriles is 1. The second-order valence-corrected chi connectivity index (χ2v) is 16.7. The number of rotatable bonds is 25. The summed E-state index contributed by atoms with van der Waals surface area (Å²) in [6.07, 6.45) is 10.2. The summed E-state index contributed by atoms with van der Waals surface area (Å²) in [6.45, 7) is 14.4. The molecule has 3 aromatic rings. The lowest BCUT2D eigenvalue weighted by molar-refractivity contribution is -0.164. The first-order chi connectivity index (χ1) is 28.9. The van der Waals surface area contributed by atoms with Crippen molar-refractivity contribution < 1.29 is 50.3 Å². The Hall–Kier alpha value is -4.37. The standard InChI is InChI=1S/C42H51F3N5O8PS/c1-6-20-55-59(52,56-21-7-2)58-35(25-49(8-3)9-4)17-19-40(51)57-42(28-50-30-47-29-48-50,37-18-16-34(43)23-39(37)45)31(5)60-36-26-53-41(54-27-36)13-11-10-12-33-15-14-32(24-46)22-38(33)44/h6-7,10-16,18,22-23,29-31,35-36,41H,1-2,8-9,17,19-21,25-28H2,3-5H3/b12-10+,13-11+/t31-,35?,36?,41?,42-/m1/s1. The van der Waals surface area contributed by atoms with Crippen LogP contribution in [0.5, 0.6) is 0 Å². The van der Waals surface area contributed by atoms with Gasteiger partial charge in [-0.25, -0.2) is 27.4 Å². The number of likely N-dealkylation sites (N-methyl/N-ethyl adjacent to an activating group) is 1. The second kappa shape index (κ2) is 24.2. The highest BCUT2D eigenvalue weighted by Gasteiger charge is 2.47. The van der Waals surface area contributed by atoms with Crippen molar-refractivity contribution in [3.63, 3.8) is 0 Å². The molecule has 1 aromatic heterocycles. The van der Waals surface area contributed by atoms with Gasteiger partial charge in [0.1, 0.15) is 30.1 Å². The minimum absolute atomic E-state index is 0.0118. The normalized spacial score (nSPS) is 18.0. The van der Waals surface area contributed by atoms with Gasteiger partial charge in [0.15, 0.2) is 11.9 Å². The quantitative estimate of drug-likeness (QED) is 0.0349. The van der Waals surface area contributed by atoms with Gasteiger partial charge in [0, 0.05) is 35.4 Å². The molecule has 18 heteroatoms. The number of phosphoric acid groups is 1. The average Bonchev–Trinajstić information content (AvgIpc) is 3.75. The van der Waals surface area contributed by atoms with E-state index in [2.05, 4.69) is 23.2 Å². The number of thioether (sulfide) groups is 1. The third kappa shape index (κ3) is 14.4. The number of benzene rings is 2. The number of carbonyl (C=O) groups excluding carboxylic acids is 1. The van der Waals surface area contributed by atoms with E-state index < -0.39 is 54.5 Å². The summed E-state index contributed by atoms with van der Waals surface area (Å²) in [5, 5.41) is 12.1. The number of allylic oxidation sites excluding steroid dienone is 2. The van der Waals surface area contributed by atoms with Crippen LogP contribution in [0.1, 0.15) is 50.3 Å². The Kier molecular flexibility index (Phi) is 19.5. The van der Waals surface area contributed by atoms with Gasteiger partial charge in [-0.2, -0.15) is 10.4 Å². The number of ether oxygens (including phenoxy) is 3. The highest BCUT2D eigenvalue weighted by molar-refractivity contribution is 8.00. The fourth-order valence-corrected chi connectivity index (χ4v) is 8.84. The first-order valence-electron chi connectivity index (χ1n) is 19.3. The zero-order valence-corrected chi connectivity index (χ0v) is 35.6. The molecule has 2 heterocycles. The maximum absolute atomic E-state index is 16.0. The van der Waals surface area contributed by atoms with Crippen LogP contribution in [0.25, 0.3) is 6.08 Å². The molecule has 60 heavy (non-hydrogen) atoms. The Labute approximate surface area is 353 Å². The lowest BCUT2D eigenvalue weighted by atomic mass is 9.89. The fourth-order valence-electron chi connectivity index (χ4n) is 6.17. The number of nitrogens with zero attached hydrogens (tertiary/aromatic N) is 5. The minimum Gasteiger partial charge on any atom is -0.451 e. The molecule has 0 spiro atoms. The molecule has 0 amide bonds. The van der Waals surface area contributed by atoms with Crippen molar-refractivity contribution in [2.24, 2.45) is 0 Å². The van der Waals surface area contributed by atoms with Crippen LogP contribution < -0.4 is 0 Å². The van der Waals surface area contributed by atoms with Crippen molar-refractivity contribution in [1.82, 2.24) is 19.7 Å². The van der Waals surface area contributed by atoms with Crippen molar-refractivity contribution in [3.8, 4) is 6.07 Å². The maximum Gasteiger partial charge on any atom is 0.475 e. The van der Waals surface area contributed by atoms with Gasteiger partial charge in [-0.15, -0.1) is 24.9 Å². The molecule has 0 aliphatic carbocycles. The van der Waals surface area contributed by atoms with E-state index in [1.165, 1.54) is 59.4 Å². The number of hydrogen-bond acceptors (Lipinski definition) is 13. The van der Waals surface area contributed by atoms with Crippen molar-refractivity contribution in [1.29, 1.82) is 5.26 Å². The molecule has 0 N–H and O–H groups in total. The fraction of sp³-hybridized carbons (Fsp3) is 0.429. The molecule has 0 radical (unpaired) electrons. The molecule has 0 saturated carbocycles. The van der Waals surface area contributed by atoms with Gasteiger partial charge in [-0.1, -0.05) is 50.3 Å². The van der Waals surface area contributed by atoms with Crippen LogP contribution in [0.15, 0.2) is 92.6 Å². The molecule has 4 rings (SSSR count). The van der Waals surface area contributed by atoms with Crippen LogP contribution in [0, 0.1) is 28.8 Å². The van der Waals surface area contributed by atoms with Crippen LogP contribution in [0.4, 0.5) is 13.2 Å². The van der Waals surface area contributed by atoms with Gasteiger partial charge in [0.05, 0.1) is 56.0 Å². The van der Waals surface area contributed by atoms with E-state index in [4.69, 9.17) is 33.0 Å². The summed E-state index contributed by atoms with van der Waals surface area (Å²) in [7, 11) is -4.13. The van der Waals surface area contributed by atoms with E-state index in [-0.39, 0.29) is 68.7 Å². The third-order valence-corrected chi connectivity index (χ3v) is 12.2. The predicted octanol–water partition coefficient (Wildman–Crippen LogP) is 8.16. The second-order valence-electron chi connectivity index (χ2n) is 13.5. The summed E-state index contributed by atoms with van der Waals surface area (Å²) >= 11 is 1.32. The highest BCUT2D eigenvalue weighted by Crippen LogP contribution is 2.51. The van der Waals surface area contributed by atoms with Gasteiger partial charge < -0.3 is 19.1 Å². The van der Waals surface area contributed by atoms with Crippen LogP contribution in [0.2, 0.25) is 0 Å². The zero-order chi connectivity index (χ0) is 43.5. The van der Waals surface area contributed by atoms with Crippen LogP contribution >= 0.6 is 19.6 Å². The zero-order valence-electron chi connectivity index (χ0n) is 33.9. The molecule has 0 bridgehead atoms. The molecular formula is C42H51F3N5O8PS. The lowest BCUT2D eigenvalue weighted by Crippen LogP contribution is -2.47. The Morgan fingerprint density at radius 3 is 2.42 bits per heavy atom. The topological polar surface area (TPSA) is 147 Å². The average molecular weight is 874 g/mol. The van der Waals surface area contributed by atoms with E-state index in [1.54, 1.807) is 31.2 Å². The summed E-state index contributed by atoms with van der Waals surface area (Å²) in [5.74, 6) is -3.03. The first kappa shape index (κ1) is 48.3. The number of hydrogen-bond donors (Lipinski definition) is 0. The van der Waals surface area contributed by atoms with Crippen molar-refractivity contribution in [2.75, 3.05) is 46.1 Å². The molecule has 1 aliphatic heterocycles. The summed E-state index contributed by atoms with van der Waals surface area (Å²) < 4.78 is 94.6. The Morgan fingerprint density at radius 2 is 1.82 bits per heavy atom. The van der Waals surface area contributed by atoms with Gasteiger partial charge in [0.25, 0.3) is 0 Å². The minimum atomic E-state index is -4.13. The largest absolute Gasteiger partial charge is 0.475 e. The molecule has 324 valence electrons. The number of carbonyl (C=O) groups is 1. The number of esters is 1.